The second-order valence-corrected chi connectivity index (χ2v) is 17.3. The van der Waals surface area contributed by atoms with E-state index in [1.165, 1.54) is 5.57 Å². The van der Waals surface area contributed by atoms with Crippen LogP contribution in [0.1, 0.15) is 91.1 Å². The number of piperidine rings is 2. The number of aliphatic imine (C=N–C) groups is 1. The van der Waals surface area contributed by atoms with E-state index in [2.05, 4.69) is 65.6 Å². The van der Waals surface area contributed by atoms with Crippen molar-refractivity contribution in [3.8, 4) is 22.4 Å². The number of hydrogen-bond donors (Lipinski definition) is 1. The fourth-order valence-corrected chi connectivity index (χ4v) is 8.74. The summed E-state index contributed by atoms with van der Waals surface area (Å²) >= 11 is 0. The second-order valence-electron chi connectivity index (χ2n) is 17.3. The number of nitrogens with zero attached hydrogens (tertiary/aromatic N) is 4. The Morgan fingerprint density at radius 2 is 1.27 bits per heavy atom. The Hall–Kier alpha value is -4.92. The predicted molar refractivity (Wildman–Crippen MR) is 203 cm³/mol. The smallest absolute Gasteiger partial charge is 0.411 e. The van der Waals surface area contributed by atoms with Gasteiger partial charge in [0.25, 0.3) is 0 Å². The van der Waals surface area contributed by atoms with Gasteiger partial charge in [-0.2, -0.15) is 0 Å². The molecule has 6 atom stereocenters. The molecule has 0 spiro atoms. The molecular weight excluding hydrogens is 651 g/mol. The van der Waals surface area contributed by atoms with Crippen molar-refractivity contribution in [3.63, 3.8) is 0 Å². The summed E-state index contributed by atoms with van der Waals surface area (Å²) in [5.74, 6) is 1.89. The molecule has 2 amide bonds. The number of H-pyrrole nitrogens is 1. The number of carbonyl (C=O) groups is 2. The number of hydrogen-bond acceptors (Lipinski definition) is 6. The number of aromatic nitrogens is 2. The van der Waals surface area contributed by atoms with Crippen LogP contribution in [0.3, 0.4) is 0 Å². The maximum absolute atomic E-state index is 13.2. The first-order chi connectivity index (χ1) is 24.8. The number of benzene rings is 3. The van der Waals surface area contributed by atoms with Gasteiger partial charge >= 0.3 is 12.2 Å². The highest BCUT2D eigenvalue weighted by Gasteiger charge is 2.57. The number of nitrogens with one attached hydrogen (secondary N) is 1. The third kappa shape index (κ3) is 5.97. The zero-order valence-electron chi connectivity index (χ0n) is 30.8. The number of rotatable bonds is 5. The lowest BCUT2D eigenvalue weighted by Crippen LogP contribution is -2.45. The molecule has 1 aromatic heterocycles. The summed E-state index contributed by atoms with van der Waals surface area (Å²) in [5.41, 5.74) is 6.62. The van der Waals surface area contributed by atoms with E-state index in [4.69, 9.17) is 19.5 Å². The zero-order chi connectivity index (χ0) is 36.1. The van der Waals surface area contributed by atoms with Crippen LogP contribution in [-0.2, 0) is 9.47 Å². The molecule has 9 heteroatoms. The van der Waals surface area contributed by atoms with Gasteiger partial charge in [-0.25, -0.2) is 14.6 Å². The monoisotopic (exact) mass is 697 g/mol. The highest BCUT2D eigenvalue weighted by molar-refractivity contribution is 6.05. The van der Waals surface area contributed by atoms with Gasteiger partial charge in [-0.3, -0.25) is 14.8 Å². The lowest BCUT2D eigenvalue weighted by molar-refractivity contribution is 0.0173. The summed E-state index contributed by atoms with van der Waals surface area (Å²) in [6.07, 6.45) is 8.13. The van der Waals surface area contributed by atoms with Crippen molar-refractivity contribution in [2.45, 2.75) is 109 Å². The van der Waals surface area contributed by atoms with E-state index in [1.807, 2.05) is 63.7 Å². The molecule has 2 saturated heterocycles. The number of amides is 2. The fraction of sp³-hybridized carbons (Fsp3) is 0.442. The van der Waals surface area contributed by atoms with E-state index in [-0.39, 0.29) is 36.4 Å². The minimum absolute atomic E-state index is 0.00939. The van der Waals surface area contributed by atoms with E-state index in [0.717, 1.165) is 82.4 Å². The van der Waals surface area contributed by atoms with Gasteiger partial charge in [-0.1, -0.05) is 60.7 Å². The Kier molecular flexibility index (Phi) is 7.48. The summed E-state index contributed by atoms with van der Waals surface area (Å²) in [6, 6.07) is 22.0. The second kappa shape index (κ2) is 11.8. The number of ether oxygens (including phenoxy) is 2. The molecule has 0 bridgehead atoms. The molecule has 52 heavy (non-hydrogen) atoms. The Morgan fingerprint density at radius 1 is 0.712 bits per heavy atom. The van der Waals surface area contributed by atoms with Crippen molar-refractivity contribution < 1.29 is 19.1 Å². The number of aromatic amines is 1. The van der Waals surface area contributed by atoms with Gasteiger partial charge in [0.2, 0.25) is 0 Å². The topological polar surface area (TPSA) is 100 Å². The Labute approximate surface area is 305 Å². The van der Waals surface area contributed by atoms with Crippen LogP contribution in [0, 0.1) is 11.8 Å². The molecule has 5 aliphatic rings. The molecule has 1 N–H and O–H groups in total. The summed E-state index contributed by atoms with van der Waals surface area (Å²) in [6.45, 7) is 11.5. The third-order valence-corrected chi connectivity index (χ3v) is 11.2. The van der Waals surface area contributed by atoms with Gasteiger partial charge in [0.15, 0.2) is 0 Å². The van der Waals surface area contributed by atoms with Crippen LogP contribution in [0.2, 0.25) is 0 Å². The van der Waals surface area contributed by atoms with Crippen LogP contribution in [-0.4, -0.2) is 67.0 Å². The maximum atomic E-state index is 13.2. The molecule has 4 aromatic rings. The molecule has 3 aliphatic heterocycles. The average Bonchev–Trinajstić information content (AvgIpc) is 3.68. The molecule has 0 unspecified atom stereocenters. The van der Waals surface area contributed by atoms with Crippen LogP contribution < -0.4 is 0 Å². The number of carbonyl (C=O) groups excluding carboxylic acids is 2. The van der Waals surface area contributed by atoms with Gasteiger partial charge in [0, 0.05) is 36.0 Å². The number of imidazole rings is 1. The highest BCUT2D eigenvalue weighted by atomic mass is 16.6. The van der Waals surface area contributed by atoms with Gasteiger partial charge < -0.3 is 14.5 Å². The van der Waals surface area contributed by atoms with Crippen LogP contribution in [0.25, 0.3) is 38.7 Å². The molecule has 4 heterocycles. The minimum Gasteiger partial charge on any atom is -0.444 e. The third-order valence-electron chi connectivity index (χ3n) is 11.2. The Bertz CT molecular complexity index is 2150. The van der Waals surface area contributed by atoms with Gasteiger partial charge in [0.05, 0.1) is 24.0 Å². The minimum atomic E-state index is -0.544. The first-order valence-corrected chi connectivity index (χ1v) is 18.8. The zero-order valence-corrected chi connectivity index (χ0v) is 30.8. The van der Waals surface area contributed by atoms with Crippen molar-refractivity contribution in [2.24, 2.45) is 16.8 Å². The average molecular weight is 698 g/mol. The molecular formula is C43H47N5O4. The summed E-state index contributed by atoms with van der Waals surface area (Å²) in [5, 5.41) is 2.30. The van der Waals surface area contributed by atoms with Crippen molar-refractivity contribution in [3.05, 3.63) is 84.4 Å². The predicted octanol–water partition coefficient (Wildman–Crippen LogP) is 9.55. The van der Waals surface area contributed by atoms with Crippen molar-refractivity contribution in [1.29, 1.82) is 0 Å². The lowest BCUT2D eigenvalue weighted by atomic mass is 9.93. The van der Waals surface area contributed by atoms with E-state index < -0.39 is 11.2 Å². The van der Waals surface area contributed by atoms with Crippen LogP contribution in [0.5, 0.6) is 0 Å². The lowest BCUT2D eigenvalue weighted by Gasteiger charge is -2.30. The number of allylic oxidation sites excluding steroid dienone is 1. The summed E-state index contributed by atoms with van der Waals surface area (Å²) < 4.78 is 11.6. The van der Waals surface area contributed by atoms with Gasteiger partial charge in [0.1, 0.15) is 17.0 Å². The van der Waals surface area contributed by atoms with Crippen LogP contribution >= 0.6 is 0 Å². The molecule has 0 radical (unpaired) electrons. The molecule has 3 aromatic carbocycles. The van der Waals surface area contributed by atoms with Crippen LogP contribution in [0.4, 0.5) is 9.59 Å². The van der Waals surface area contributed by atoms with Crippen LogP contribution in [0.15, 0.2) is 78.1 Å². The standard InChI is InChI=1S/C43H47N5O4/c1-42(2,3)51-40(49)47-35-18-26(35)20-37(47)33-17-28(22-44-33)24-13-15-25(16-14-24)29-9-7-11-31-30(29)10-8-12-32(31)34-23-45-39(46-34)38-21-27-19-36(27)48(38)41(50)52-43(4,5)6/h7-16,22-23,26-27,35-38H,17-21H2,1-6H3,(H,45,46)/t26-,27-,35-,36-,37+,38+/m1/s1. The first kappa shape index (κ1) is 33.0. The van der Waals surface area contributed by atoms with Crippen molar-refractivity contribution in [2.75, 3.05) is 0 Å². The SMILES string of the molecule is CC(C)(C)OC(=O)N1[C@@H]2C[C@@H]2C[C@H]1C1=NC=C(c2ccc(-c3cccc4c(-c5cnc([C@@H]6C[C@H]7C[C@H]7N6C(=O)OC(C)(C)C)[nH]5)cccc34)cc2)C1. The Morgan fingerprint density at radius 3 is 1.90 bits per heavy atom. The van der Waals surface area contributed by atoms with Crippen molar-refractivity contribution >= 4 is 34.2 Å². The number of likely N-dealkylation sites (tertiary alicyclic amines) is 2. The molecule has 4 fully saturated rings. The van der Waals surface area contributed by atoms with E-state index in [1.54, 1.807) is 0 Å². The molecule has 268 valence electrons. The first-order valence-electron chi connectivity index (χ1n) is 18.8. The van der Waals surface area contributed by atoms with Crippen molar-refractivity contribution in [1.82, 2.24) is 19.8 Å². The quantitative estimate of drug-likeness (QED) is 0.224. The van der Waals surface area contributed by atoms with E-state index >= 15 is 0 Å². The fourth-order valence-electron chi connectivity index (χ4n) is 8.74. The highest BCUT2D eigenvalue weighted by Crippen LogP contribution is 2.54. The van der Waals surface area contributed by atoms with Gasteiger partial charge in [-0.15, -0.1) is 0 Å². The molecule has 9 nitrogen and oxygen atoms in total. The van der Waals surface area contributed by atoms with E-state index in [9.17, 15) is 9.59 Å². The maximum Gasteiger partial charge on any atom is 0.411 e. The molecule has 2 saturated carbocycles. The largest absolute Gasteiger partial charge is 0.444 e. The number of fused-ring (bicyclic) bond motifs is 3. The normalized spacial score (nSPS) is 26.2. The summed E-state index contributed by atoms with van der Waals surface area (Å²) in [7, 11) is 0. The summed E-state index contributed by atoms with van der Waals surface area (Å²) in [4.78, 5) is 43.4. The Balaban J connectivity index is 0.922. The van der Waals surface area contributed by atoms with Gasteiger partial charge in [-0.05, 0) is 112 Å². The molecule has 9 rings (SSSR count). The van der Waals surface area contributed by atoms with E-state index in [0.29, 0.717) is 11.8 Å². The molecule has 2 aliphatic carbocycles.